The van der Waals surface area contributed by atoms with Crippen molar-refractivity contribution in [1.82, 2.24) is 0 Å². The summed E-state index contributed by atoms with van der Waals surface area (Å²) in [5, 5.41) is 0. The quantitative estimate of drug-likeness (QED) is 0.563. The van der Waals surface area contributed by atoms with Crippen LogP contribution in [-0.4, -0.2) is 21.8 Å². The summed E-state index contributed by atoms with van der Waals surface area (Å²) >= 11 is 0. The summed E-state index contributed by atoms with van der Waals surface area (Å²) < 4.78 is 11.4. The Hall–Kier alpha value is -1.06. The average molecular weight is 347 g/mol. The first-order valence-corrected chi connectivity index (χ1v) is 11.6. The summed E-state index contributed by atoms with van der Waals surface area (Å²) in [6.07, 6.45) is 1.23. The fourth-order valence-corrected chi connectivity index (χ4v) is 10.5. The van der Waals surface area contributed by atoms with Crippen LogP contribution in [0.4, 0.5) is 0 Å². The van der Waals surface area contributed by atoms with E-state index in [4.69, 9.17) is 9.47 Å². The molecule has 3 heteroatoms. The lowest BCUT2D eigenvalue weighted by atomic mass is 10.1. The third kappa shape index (κ3) is 3.78. The zero-order valence-electron chi connectivity index (χ0n) is 16.4. The minimum atomic E-state index is -1.50. The molecule has 24 heavy (non-hydrogen) atoms. The summed E-state index contributed by atoms with van der Waals surface area (Å²) in [6, 6.07) is 8.31. The SMILES string of the molecule is COc1ccc(C2C/C(=C/[Si](C(C)C)(C(C)C)C(C)C)CO2)cc1. The molecule has 0 radical (unpaired) electrons. The average Bonchev–Trinajstić information content (AvgIpc) is 3.00. The van der Waals surface area contributed by atoms with Crippen molar-refractivity contribution < 1.29 is 9.47 Å². The van der Waals surface area contributed by atoms with Gasteiger partial charge < -0.3 is 9.47 Å². The number of hydrogen-bond donors (Lipinski definition) is 0. The highest BCUT2D eigenvalue weighted by atomic mass is 28.3. The molecule has 2 nitrogen and oxygen atoms in total. The third-order valence-corrected chi connectivity index (χ3v) is 12.8. The summed E-state index contributed by atoms with van der Waals surface area (Å²) in [6.45, 7) is 15.3. The normalized spacial score (nSPS) is 20.6. The molecule has 0 spiro atoms. The Morgan fingerprint density at radius 1 is 1.00 bits per heavy atom. The number of rotatable bonds is 6. The van der Waals surface area contributed by atoms with Crippen LogP contribution in [0.2, 0.25) is 16.6 Å². The van der Waals surface area contributed by atoms with Crippen LogP contribution in [0.3, 0.4) is 0 Å². The molecule has 1 aromatic rings. The van der Waals surface area contributed by atoms with Crippen LogP contribution >= 0.6 is 0 Å². The first kappa shape index (κ1) is 19.3. The summed E-state index contributed by atoms with van der Waals surface area (Å²) in [5.74, 6) is 0.901. The maximum atomic E-state index is 6.12. The first-order valence-electron chi connectivity index (χ1n) is 9.27. The van der Waals surface area contributed by atoms with Crippen LogP contribution in [0.15, 0.2) is 35.5 Å². The van der Waals surface area contributed by atoms with E-state index in [0.717, 1.165) is 35.4 Å². The molecular weight excluding hydrogens is 312 g/mol. The fraction of sp³-hybridized carbons (Fsp3) is 0.619. The Labute approximate surface area is 149 Å². The first-order chi connectivity index (χ1) is 11.3. The lowest BCUT2D eigenvalue weighted by Crippen LogP contribution is -2.43. The lowest BCUT2D eigenvalue weighted by Gasteiger charge is -2.41. The van der Waals surface area contributed by atoms with Crippen molar-refractivity contribution >= 4 is 8.07 Å². The van der Waals surface area contributed by atoms with E-state index in [-0.39, 0.29) is 6.10 Å². The highest BCUT2D eigenvalue weighted by Crippen LogP contribution is 2.45. The van der Waals surface area contributed by atoms with Gasteiger partial charge in [0.1, 0.15) is 5.75 Å². The maximum absolute atomic E-state index is 6.12. The molecule has 1 fully saturated rings. The minimum absolute atomic E-state index is 0.195. The third-order valence-electron chi connectivity index (χ3n) is 5.86. The van der Waals surface area contributed by atoms with Crippen molar-refractivity contribution in [3.63, 3.8) is 0 Å². The van der Waals surface area contributed by atoms with Crippen LogP contribution < -0.4 is 4.74 Å². The molecule has 1 unspecified atom stereocenters. The summed E-state index contributed by atoms with van der Waals surface area (Å²) in [7, 11) is 0.204. The number of hydrogen-bond acceptors (Lipinski definition) is 2. The van der Waals surface area contributed by atoms with Gasteiger partial charge in [0, 0.05) is 6.42 Å². The Morgan fingerprint density at radius 2 is 1.54 bits per heavy atom. The van der Waals surface area contributed by atoms with E-state index in [0.29, 0.717) is 0 Å². The second kappa shape index (κ2) is 7.88. The van der Waals surface area contributed by atoms with Crippen molar-refractivity contribution in [3.05, 3.63) is 41.1 Å². The van der Waals surface area contributed by atoms with Gasteiger partial charge >= 0.3 is 0 Å². The molecule has 1 aliphatic heterocycles. The maximum Gasteiger partial charge on any atom is 0.118 e. The van der Waals surface area contributed by atoms with E-state index in [2.05, 4.69) is 59.4 Å². The van der Waals surface area contributed by atoms with Crippen molar-refractivity contribution in [2.75, 3.05) is 13.7 Å². The Bertz CT molecular complexity index is 536. The van der Waals surface area contributed by atoms with Gasteiger partial charge in [0.2, 0.25) is 0 Å². The van der Waals surface area contributed by atoms with Gasteiger partial charge in [-0.05, 0) is 39.9 Å². The van der Waals surface area contributed by atoms with Crippen LogP contribution in [0.25, 0.3) is 0 Å². The predicted octanol–water partition coefficient (Wildman–Crippen LogP) is 6.30. The highest BCUT2D eigenvalue weighted by molar-refractivity contribution is 6.88. The van der Waals surface area contributed by atoms with Gasteiger partial charge in [-0.25, -0.2) is 0 Å². The van der Waals surface area contributed by atoms with Crippen LogP contribution in [0.1, 0.15) is 59.6 Å². The lowest BCUT2D eigenvalue weighted by molar-refractivity contribution is 0.114. The Balaban J connectivity index is 2.22. The smallest absolute Gasteiger partial charge is 0.118 e. The highest BCUT2D eigenvalue weighted by Gasteiger charge is 2.41. The fourth-order valence-electron chi connectivity index (χ4n) is 4.55. The van der Waals surface area contributed by atoms with Gasteiger partial charge in [0.25, 0.3) is 0 Å². The topological polar surface area (TPSA) is 18.5 Å². The van der Waals surface area contributed by atoms with E-state index in [1.165, 1.54) is 11.1 Å². The van der Waals surface area contributed by atoms with Crippen molar-refractivity contribution in [2.45, 2.75) is 70.7 Å². The van der Waals surface area contributed by atoms with Gasteiger partial charge in [-0.1, -0.05) is 59.4 Å². The number of benzene rings is 1. The van der Waals surface area contributed by atoms with Crippen molar-refractivity contribution in [3.8, 4) is 5.75 Å². The van der Waals surface area contributed by atoms with E-state index in [9.17, 15) is 0 Å². The summed E-state index contributed by atoms with van der Waals surface area (Å²) in [5.41, 5.74) is 7.72. The molecular formula is C21H34O2Si. The van der Waals surface area contributed by atoms with Crippen LogP contribution in [0.5, 0.6) is 5.75 Å². The Kier molecular flexibility index (Phi) is 6.32. The van der Waals surface area contributed by atoms with Gasteiger partial charge in [0.05, 0.1) is 27.9 Å². The largest absolute Gasteiger partial charge is 0.497 e. The molecule has 1 aromatic carbocycles. The molecule has 1 atom stereocenters. The zero-order chi connectivity index (χ0) is 17.9. The van der Waals surface area contributed by atoms with Gasteiger partial charge in [-0.3, -0.25) is 0 Å². The molecule has 1 heterocycles. The zero-order valence-corrected chi connectivity index (χ0v) is 17.4. The molecule has 0 saturated carbocycles. The van der Waals surface area contributed by atoms with Gasteiger partial charge in [0.15, 0.2) is 0 Å². The molecule has 1 saturated heterocycles. The second-order valence-electron chi connectivity index (χ2n) is 8.04. The van der Waals surface area contributed by atoms with Crippen LogP contribution in [-0.2, 0) is 4.74 Å². The molecule has 0 bridgehead atoms. The minimum Gasteiger partial charge on any atom is -0.497 e. The molecule has 2 rings (SSSR count). The summed E-state index contributed by atoms with van der Waals surface area (Å²) in [4.78, 5) is 0. The van der Waals surface area contributed by atoms with E-state index in [1.807, 2.05) is 12.1 Å². The molecule has 0 amide bonds. The molecule has 0 aliphatic carbocycles. The van der Waals surface area contributed by atoms with E-state index in [1.54, 1.807) is 7.11 Å². The van der Waals surface area contributed by atoms with Crippen molar-refractivity contribution in [2.24, 2.45) is 0 Å². The van der Waals surface area contributed by atoms with Gasteiger partial charge in [-0.15, -0.1) is 0 Å². The molecule has 134 valence electrons. The monoisotopic (exact) mass is 346 g/mol. The van der Waals surface area contributed by atoms with Crippen LogP contribution in [0, 0.1) is 0 Å². The predicted molar refractivity (Wildman–Crippen MR) is 105 cm³/mol. The molecule has 0 N–H and O–H groups in total. The number of ether oxygens (including phenoxy) is 2. The number of methoxy groups -OCH3 is 1. The van der Waals surface area contributed by atoms with E-state index < -0.39 is 8.07 Å². The standard InChI is InChI=1S/C21H34O2Si/c1-15(2)24(16(3)4,17(5)6)14-18-12-21(23-13-18)19-8-10-20(22-7)11-9-19/h8-11,14-17,21H,12-13H2,1-7H3/b18-14-. The molecule has 0 aromatic heterocycles. The van der Waals surface area contributed by atoms with E-state index >= 15 is 0 Å². The van der Waals surface area contributed by atoms with Gasteiger partial charge in [-0.2, -0.15) is 0 Å². The second-order valence-corrected chi connectivity index (χ2v) is 13.8. The molecule has 1 aliphatic rings. The van der Waals surface area contributed by atoms with Crippen molar-refractivity contribution in [1.29, 1.82) is 0 Å². The Morgan fingerprint density at radius 3 is 2.00 bits per heavy atom.